The molecular formula is C10H6ClF2NO. The predicted octanol–water partition coefficient (Wildman–Crippen LogP) is 2.94. The maximum atomic E-state index is 13.6. The van der Waals surface area contributed by atoms with Crippen molar-refractivity contribution in [1.29, 1.82) is 0 Å². The van der Waals surface area contributed by atoms with Gasteiger partial charge in [-0.3, -0.25) is 0 Å². The molecule has 0 spiro atoms. The molecule has 1 aromatic carbocycles. The molecule has 0 saturated heterocycles. The Labute approximate surface area is 89.6 Å². The summed E-state index contributed by atoms with van der Waals surface area (Å²) in [6, 6.07) is 2.34. The lowest BCUT2D eigenvalue weighted by Gasteiger charge is -2.10. The van der Waals surface area contributed by atoms with Gasteiger partial charge in [-0.25, -0.2) is 13.6 Å². The zero-order valence-electron chi connectivity index (χ0n) is 7.56. The van der Waals surface area contributed by atoms with Gasteiger partial charge in [0, 0.05) is 5.56 Å². The van der Waals surface area contributed by atoms with E-state index in [0.29, 0.717) is 12.8 Å². The van der Waals surface area contributed by atoms with Gasteiger partial charge in [-0.15, -0.1) is 0 Å². The van der Waals surface area contributed by atoms with Crippen molar-refractivity contribution in [3.63, 3.8) is 0 Å². The molecule has 0 aromatic heterocycles. The highest BCUT2D eigenvalue weighted by molar-refractivity contribution is 6.31. The molecule has 0 N–H and O–H groups in total. The van der Waals surface area contributed by atoms with Gasteiger partial charge in [-0.2, -0.15) is 4.99 Å². The molecule has 2 nitrogen and oxygen atoms in total. The number of carbonyl (C=O) groups excluding carboxylic acids is 1. The molecule has 15 heavy (non-hydrogen) atoms. The Morgan fingerprint density at radius 3 is 2.60 bits per heavy atom. The van der Waals surface area contributed by atoms with Gasteiger partial charge >= 0.3 is 0 Å². The largest absolute Gasteiger partial charge is 0.235 e. The van der Waals surface area contributed by atoms with Crippen molar-refractivity contribution in [3.05, 3.63) is 34.4 Å². The Kier molecular flexibility index (Phi) is 2.33. The average Bonchev–Trinajstić information content (AvgIpc) is 2.96. The molecule has 1 fully saturated rings. The summed E-state index contributed by atoms with van der Waals surface area (Å²) >= 11 is 5.43. The molecular weight excluding hydrogens is 224 g/mol. The van der Waals surface area contributed by atoms with Crippen molar-refractivity contribution < 1.29 is 13.6 Å². The summed E-state index contributed by atoms with van der Waals surface area (Å²) in [5, 5.41) is -0.556. The lowest BCUT2D eigenvalue weighted by molar-refractivity contribution is 0.540. The van der Waals surface area contributed by atoms with Crippen LogP contribution in [0.15, 0.2) is 17.1 Å². The smallest absolute Gasteiger partial charge is 0.211 e. The van der Waals surface area contributed by atoms with Gasteiger partial charge in [0.2, 0.25) is 6.08 Å². The summed E-state index contributed by atoms with van der Waals surface area (Å²) in [4.78, 5) is 13.7. The van der Waals surface area contributed by atoms with E-state index < -0.39 is 22.2 Å². The van der Waals surface area contributed by atoms with Gasteiger partial charge < -0.3 is 0 Å². The molecule has 0 aliphatic heterocycles. The van der Waals surface area contributed by atoms with Crippen LogP contribution in [0.25, 0.3) is 0 Å². The lowest BCUT2D eigenvalue weighted by Crippen LogP contribution is -2.06. The van der Waals surface area contributed by atoms with E-state index in [1.54, 1.807) is 0 Å². The number of hydrogen-bond donors (Lipinski definition) is 0. The van der Waals surface area contributed by atoms with Gasteiger partial charge in [0.1, 0.15) is 22.2 Å². The average molecular weight is 230 g/mol. The van der Waals surface area contributed by atoms with Gasteiger partial charge in [0.25, 0.3) is 0 Å². The second-order valence-corrected chi connectivity index (χ2v) is 3.84. The molecule has 2 rings (SSSR count). The van der Waals surface area contributed by atoms with Crippen molar-refractivity contribution in [2.24, 2.45) is 4.99 Å². The number of benzene rings is 1. The van der Waals surface area contributed by atoms with E-state index in [1.807, 2.05) is 0 Å². The zero-order valence-corrected chi connectivity index (χ0v) is 8.31. The fourth-order valence-corrected chi connectivity index (χ4v) is 1.70. The first-order valence-corrected chi connectivity index (χ1v) is 4.71. The first kappa shape index (κ1) is 10.3. The van der Waals surface area contributed by atoms with Gasteiger partial charge in [-0.05, 0) is 18.9 Å². The quantitative estimate of drug-likeness (QED) is 0.436. The molecule has 1 saturated carbocycles. The number of hydrogen-bond acceptors (Lipinski definition) is 2. The van der Waals surface area contributed by atoms with Crippen molar-refractivity contribution in [2.45, 2.75) is 18.4 Å². The van der Waals surface area contributed by atoms with Crippen LogP contribution in [0.5, 0.6) is 0 Å². The standard InChI is InChI=1S/C10H6ClF2NO/c11-8-7(12)2-1-6(9(8)13)10(3-4-10)14-5-15/h1-2H,3-4H2. The van der Waals surface area contributed by atoms with E-state index in [9.17, 15) is 13.6 Å². The number of isocyanates is 1. The monoisotopic (exact) mass is 229 g/mol. The van der Waals surface area contributed by atoms with Crippen molar-refractivity contribution in [1.82, 2.24) is 0 Å². The van der Waals surface area contributed by atoms with Crippen LogP contribution in [0.2, 0.25) is 5.02 Å². The minimum atomic E-state index is -0.858. The molecule has 0 atom stereocenters. The second kappa shape index (κ2) is 3.40. The summed E-state index contributed by atoms with van der Waals surface area (Å²) in [5.74, 6) is -1.66. The molecule has 1 aromatic rings. The maximum absolute atomic E-state index is 13.6. The lowest BCUT2D eigenvalue weighted by atomic mass is 10.0. The Morgan fingerprint density at radius 2 is 2.07 bits per heavy atom. The molecule has 0 heterocycles. The first-order chi connectivity index (χ1) is 7.10. The van der Waals surface area contributed by atoms with E-state index in [2.05, 4.69) is 4.99 Å². The fourth-order valence-electron chi connectivity index (χ4n) is 1.53. The van der Waals surface area contributed by atoms with Crippen molar-refractivity contribution >= 4 is 17.7 Å². The normalized spacial score (nSPS) is 17.0. The van der Waals surface area contributed by atoms with E-state index in [-0.39, 0.29) is 5.56 Å². The van der Waals surface area contributed by atoms with Crippen LogP contribution in [0.1, 0.15) is 18.4 Å². The Morgan fingerprint density at radius 1 is 1.40 bits per heavy atom. The molecule has 0 unspecified atom stereocenters. The fraction of sp³-hybridized carbons (Fsp3) is 0.300. The topological polar surface area (TPSA) is 29.4 Å². The molecule has 0 radical (unpaired) electrons. The van der Waals surface area contributed by atoms with Crippen molar-refractivity contribution in [2.75, 3.05) is 0 Å². The van der Waals surface area contributed by atoms with Gasteiger partial charge in [0.15, 0.2) is 0 Å². The number of nitrogens with zero attached hydrogens (tertiary/aromatic N) is 1. The van der Waals surface area contributed by atoms with Crippen molar-refractivity contribution in [3.8, 4) is 0 Å². The Hall–Kier alpha value is -1.25. The first-order valence-electron chi connectivity index (χ1n) is 4.34. The number of aliphatic imine (C=N–C) groups is 1. The summed E-state index contributed by atoms with van der Waals surface area (Å²) in [6.45, 7) is 0. The minimum absolute atomic E-state index is 0.164. The third-order valence-corrected chi connectivity index (χ3v) is 2.87. The molecule has 1 aliphatic rings. The number of rotatable bonds is 2. The van der Waals surface area contributed by atoms with Crippen LogP contribution in [0.4, 0.5) is 8.78 Å². The summed E-state index contributed by atoms with van der Waals surface area (Å²) < 4.78 is 26.4. The van der Waals surface area contributed by atoms with Gasteiger partial charge in [0.05, 0.1) is 0 Å². The van der Waals surface area contributed by atoms with Crippen LogP contribution >= 0.6 is 11.6 Å². The van der Waals surface area contributed by atoms with E-state index in [4.69, 9.17) is 11.6 Å². The molecule has 0 amide bonds. The minimum Gasteiger partial charge on any atom is -0.211 e. The Bertz CT molecular complexity index is 465. The SMILES string of the molecule is O=C=NC1(c2ccc(F)c(Cl)c2F)CC1. The van der Waals surface area contributed by atoms with Crippen LogP contribution in [-0.4, -0.2) is 6.08 Å². The number of halogens is 3. The molecule has 0 bridgehead atoms. The molecule has 1 aliphatic carbocycles. The zero-order chi connectivity index (χ0) is 11.1. The third kappa shape index (κ3) is 1.56. The molecule has 5 heteroatoms. The van der Waals surface area contributed by atoms with Crippen LogP contribution in [0, 0.1) is 11.6 Å². The second-order valence-electron chi connectivity index (χ2n) is 3.46. The highest BCUT2D eigenvalue weighted by atomic mass is 35.5. The van der Waals surface area contributed by atoms with Crippen LogP contribution in [0.3, 0.4) is 0 Å². The third-order valence-electron chi connectivity index (χ3n) is 2.52. The van der Waals surface area contributed by atoms with E-state index >= 15 is 0 Å². The maximum Gasteiger partial charge on any atom is 0.235 e. The molecule has 78 valence electrons. The van der Waals surface area contributed by atoms with Gasteiger partial charge in [-0.1, -0.05) is 17.7 Å². The van der Waals surface area contributed by atoms with Crippen LogP contribution in [-0.2, 0) is 10.3 Å². The predicted molar refractivity (Wildman–Crippen MR) is 50.4 cm³/mol. The van der Waals surface area contributed by atoms with E-state index in [1.165, 1.54) is 12.1 Å². The highest BCUT2D eigenvalue weighted by Gasteiger charge is 2.47. The Balaban J connectivity index is 2.55. The van der Waals surface area contributed by atoms with Crippen LogP contribution < -0.4 is 0 Å². The summed E-state index contributed by atoms with van der Waals surface area (Å²) in [6.07, 6.45) is 2.52. The van der Waals surface area contributed by atoms with E-state index in [0.717, 1.165) is 6.07 Å². The summed E-state index contributed by atoms with van der Waals surface area (Å²) in [7, 11) is 0. The summed E-state index contributed by atoms with van der Waals surface area (Å²) in [5.41, 5.74) is -0.694. The highest BCUT2D eigenvalue weighted by Crippen LogP contribution is 2.50.